The Labute approximate surface area is 87.1 Å². The lowest BCUT2D eigenvalue weighted by Crippen LogP contribution is -2.38. The smallest absolute Gasteiger partial charge is 0.140 e. The molecule has 0 saturated heterocycles. The van der Waals surface area contributed by atoms with E-state index in [1.807, 2.05) is 13.8 Å². The molecule has 0 rings (SSSR count). The molecule has 0 aromatic rings. The van der Waals surface area contributed by atoms with E-state index in [2.05, 4.69) is 23.7 Å². The Bertz CT molecular complexity index is 174. The van der Waals surface area contributed by atoms with Crippen molar-refractivity contribution in [3.05, 3.63) is 0 Å². The lowest BCUT2D eigenvalue weighted by Gasteiger charge is -2.28. The lowest BCUT2D eigenvalue weighted by atomic mass is 9.90. The third-order valence-electron chi connectivity index (χ3n) is 2.63. The van der Waals surface area contributed by atoms with Crippen molar-refractivity contribution in [3.63, 3.8) is 0 Å². The van der Waals surface area contributed by atoms with Crippen LogP contribution < -0.4 is 0 Å². The molecule has 1 atom stereocenters. The minimum absolute atomic E-state index is 0.552. The molecule has 3 nitrogen and oxygen atoms in total. The van der Waals surface area contributed by atoms with Gasteiger partial charge in [0.1, 0.15) is 5.60 Å². The molecule has 14 heavy (non-hydrogen) atoms. The fourth-order valence-corrected chi connectivity index (χ4v) is 1.62. The highest BCUT2D eigenvalue weighted by atomic mass is 17.1. The van der Waals surface area contributed by atoms with Gasteiger partial charge >= 0.3 is 0 Å². The SMILES string of the molecule is CCCN=C(C)C(CC)(CCC)OO. The minimum Gasteiger partial charge on any atom is -0.291 e. The lowest BCUT2D eigenvalue weighted by molar-refractivity contribution is -0.302. The van der Waals surface area contributed by atoms with Crippen LogP contribution in [0.5, 0.6) is 0 Å². The number of hydrogen-bond acceptors (Lipinski definition) is 3. The summed E-state index contributed by atoms with van der Waals surface area (Å²) in [5.74, 6) is 0. The predicted molar refractivity (Wildman–Crippen MR) is 59.9 cm³/mol. The summed E-state index contributed by atoms with van der Waals surface area (Å²) in [5, 5.41) is 9.00. The van der Waals surface area contributed by atoms with Gasteiger partial charge in [0.15, 0.2) is 0 Å². The van der Waals surface area contributed by atoms with Gasteiger partial charge in [-0.25, -0.2) is 4.89 Å². The zero-order chi connectivity index (χ0) is 11.0. The second-order valence-electron chi connectivity index (χ2n) is 3.66. The number of nitrogens with zero attached hydrogens (tertiary/aromatic N) is 1. The number of hydrogen-bond donors (Lipinski definition) is 1. The van der Waals surface area contributed by atoms with Gasteiger partial charge < -0.3 is 0 Å². The van der Waals surface area contributed by atoms with Crippen molar-refractivity contribution >= 4 is 5.71 Å². The van der Waals surface area contributed by atoms with Crippen molar-refractivity contribution < 1.29 is 10.1 Å². The first-order chi connectivity index (χ1) is 6.66. The Balaban J connectivity index is 4.60. The van der Waals surface area contributed by atoms with E-state index in [0.717, 1.165) is 37.9 Å². The van der Waals surface area contributed by atoms with Crippen LogP contribution in [0, 0.1) is 0 Å². The second kappa shape index (κ2) is 6.96. The molecular weight excluding hydrogens is 178 g/mol. The average molecular weight is 201 g/mol. The first-order valence-electron chi connectivity index (χ1n) is 5.50. The zero-order valence-electron chi connectivity index (χ0n) is 9.84. The van der Waals surface area contributed by atoms with Crippen LogP contribution in [-0.4, -0.2) is 23.1 Å². The summed E-state index contributed by atoms with van der Waals surface area (Å²) in [7, 11) is 0. The van der Waals surface area contributed by atoms with Crippen LogP contribution in [0.2, 0.25) is 0 Å². The Morgan fingerprint density at radius 3 is 2.29 bits per heavy atom. The van der Waals surface area contributed by atoms with Crippen molar-refractivity contribution in [1.29, 1.82) is 0 Å². The first-order valence-corrected chi connectivity index (χ1v) is 5.50. The van der Waals surface area contributed by atoms with Gasteiger partial charge in [-0.1, -0.05) is 27.2 Å². The van der Waals surface area contributed by atoms with Crippen molar-refractivity contribution in [1.82, 2.24) is 0 Å². The van der Waals surface area contributed by atoms with Crippen LogP contribution in [0.1, 0.15) is 53.4 Å². The molecule has 1 N–H and O–H groups in total. The van der Waals surface area contributed by atoms with E-state index in [1.165, 1.54) is 0 Å². The first kappa shape index (κ1) is 13.6. The molecule has 84 valence electrons. The molecule has 0 amide bonds. The van der Waals surface area contributed by atoms with Gasteiger partial charge in [-0.2, -0.15) is 0 Å². The topological polar surface area (TPSA) is 41.8 Å². The summed E-state index contributed by atoms with van der Waals surface area (Å²) < 4.78 is 0. The summed E-state index contributed by atoms with van der Waals surface area (Å²) in [6.45, 7) is 8.92. The van der Waals surface area contributed by atoms with Crippen LogP contribution in [0.25, 0.3) is 0 Å². The molecule has 0 aromatic carbocycles. The van der Waals surface area contributed by atoms with Crippen LogP contribution >= 0.6 is 0 Å². The average Bonchev–Trinajstić information content (AvgIpc) is 2.22. The van der Waals surface area contributed by atoms with Gasteiger partial charge in [0, 0.05) is 12.3 Å². The predicted octanol–water partition coefficient (Wildman–Crippen LogP) is 3.30. The summed E-state index contributed by atoms with van der Waals surface area (Å²) in [6, 6.07) is 0. The zero-order valence-corrected chi connectivity index (χ0v) is 9.84. The van der Waals surface area contributed by atoms with Gasteiger partial charge in [0.2, 0.25) is 0 Å². The number of rotatable bonds is 7. The molecule has 1 unspecified atom stereocenters. The molecule has 0 saturated carbocycles. The van der Waals surface area contributed by atoms with Gasteiger partial charge in [-0.05, 0) is 26.2 Å². The van der Waals surface area contributed by atoms with E-state index >= 15 is 0 Å². The molecule has 0 fully saturated rings. The van der Waals surface area contributed by atoms with E-state index in [0.29, 0.717) is 0 Å². The van der Waals surface area contributed by atoms with E-state index in [9.17, 15) is 0 Å². The van der Waals surface area contributed by atoms with Crippen LogP contribution in [0.4, 0.5) is 0 Å². The van der Waals surface area contributed by atoms with Crippen LogP contribution in [-0.2, 0) is 4.89 Å². The molecule has 0 aromatic heterocycles. The highest BCUT2D eigenvalue weighted by Crippen LogP contribution is 2.23. The quantitative estimate of drug-likeness (QED) is 0.390. The summed E-state index contributed by atoms with van der Waals surface area (Å²) in [4.78, 5) is 9.06. The van der Waals surface area contributed by atoms with Crippen LogP contribution in [0.3, 0.4) is 0 Å². The van der Waals surface area contributed by atoms with Crippen LogP contribution in [0.15, 0.2) is 4.99 Å². The Morgan fingerprint density at radius 1 is 1.29 bits per heavy atom. The van der Waals surface area contributed by atoms with Gasteiger partial charge in [-0.3, -0.25) is 10.2 Å². The van der Waals surface area contributed by atoms with E-state index in [1.54, 1.807) is 0 Å². The Hall–Kier alpha value is -0.410. The molecule has 0 aliphatic carbocycles. The van der Waals surface area contributed by atoms with Crippen molar-refractivity contribution in [3.8, 4) is 0 Å². The van der Waals surface area contributed by atoms with Crippen molar-refractivity contribution in [2.24, 2.45) is 4.99 Å². The third-order valence-corrected chi connectivity index (χ3v) is 2.63. The fraction of sp³-hybridized carbons (Fsp3) is 0.909. The maximum absolute atomic E-state index is 9.00. The number of aliphatic imine (C=N–C) groups is 1. The normalized spacial score (nSPS) is 16.8. The highest BCUT2D eigenvalue weighted by Gasteiger charge is 2.32. The fourth-order valence-electron chi connectivity index (χ4n) is 1.62. The molecule has 0 aliphatic rings. The summed E-state index contributed by atoms with van der Waals surface area (Å²) >= 11 is 0. The molecule has 0 heterocycles. The monoisotopic (exact) mass is 201 g/mol. The highest BCUT2D eigenvalue weighted by molar-refractivity contribution is 5.90. The standard InChI is InChI=1S/C11H23NO2/c1-5-8-11(7-3,14-13)10(4)12-9-6-2/h13H,5-9H2,1-4H3. The van der Waals surface area contributed by atoms with Gasteiger partial charge in [-0.15, -0.1) is 0 Å². The third kappa shape index (κ3) is 3.39. The van der Waals surface area contributed by atoms with Crippen molar-refractivity contribution in [2.45, 2.75) is 59.0 Å². The molecule has 0 spiro atoms. The molecule has 0 radical (unpaired) electrons. The Kier molecular flexibility index (Phi) is 6.75. The maximum Gasteiger partial charge on any atom is 0.140 e. The molecule has 3 heteroatoms. The van der Waals surface area contributed by atoms with E-state index in [-0.39, 0.29) is 0 Å². The van der Waals surface area contributed by atoms with Gasteiger partial charge in [0.05, 0.1) is 0 Å². The van der Waals surface area contributed by atoms with E-state index in [4.69, 9.17) is 5.26 Å². The molecular formula is C11H23NO2. The second-order valence-corrected chi connectivity index (χ2v) is 3.66. The maximum atomic E-state index is 9.00. The molecule has 0 aliphatic heterocycles. The van der Waals surface area contributed by atoms with E-state index < -0.39 is 5.60 Å². The van der Waals surface area contributed by atoms with Gasteiger partial charge in [0.25, 0.3) is 0 Å². The summed E-state index contributed by atoms with van der Waals surface area (Å²) in [5.41, 5.74) is 0.357. The Morgan fingerprint density at radius 2 is 1.93 bits per heavy atom. The largest absolute Gasteiger partial charge is 0.291 e. The minimum atomic E-state index is -0.552. The summed E-state index contributed by atoms with van der Waals surface area (Å²) in [6.07, 6.45) is 3.58. The molecule has 0 bridgehead atoms. The van der Waals surface area contributed by atoms with Crippen molar-refractivity contribution in [2.75, 3.05) is 6.54 Å².